The molecule has 0 fully saturated rings. The van der Waals surface area contributed by atoms with Gasteiger partial charge in [0.2, 0.25) is 11.9 Å². The van der Waals surface area contributed by atoms with Crippen molar-refractivity contribution in [3.63, 3.8) is 0 Å². The first kappa shape index (κ1) is 27.4. The van der Waals surface area contributed by atoms with Crippen LogP contribution in [0.5, 0.6) is 11.5 Å². The van der Waals surface area contributed by atoms with Crippen LogP contribution in [0.4, 0.5) is 28.8 Å². The molecule has 3 aromatic rings. The molecular weight excluding hydrogens is 527 g/mol. The number of para-hydroxylation sites is 1. The fourth-order valence-corrected chi connectivity index (χ4v) is 5.03. The lowest BCUT2D eigenvalue weighted by Crippen LogP contribution is -2.20. The number of benzene rings is 2. The summed E-state index contributed by atoms with van der Waals surface area (Å²) in [6, 6.07) is 10.8. The number of likely N-dealkylation sites (N-methyl/N-ethyl adjacent to an activating group) is 1. The summed E-state index contributed by atoms with van der Waals surface area (Å²) in [4.78, 5) is 24.9. The van der Waals surface area contributed by atoms with E-state index in [0.717, 1.165) is 0 Å². The average Bonchev–Trinajstić information content (AvgIpc) is 3.27. The maximum Gasteiger partial charge on any atom is 0.247 e. The molecule has 0 saturated heterocycles. The minimum absolute atomic E-state index is 0.141. The Bertz CT molecular complexity index is 1410. The third kappa shape index (κ3) is 6.27. The molecular formula is C26H30ClN6O4P. The molecule has 0 unspecified atom stereocenters. The number of carbonyl (C=O) groups excluding carboxylic acids is 1. The van der Waals surface area contributed by atoms with Gasteiger partial charge in [0.1, 0.15) is 30.3 Å². The van der Waals surface area contributed by atoms with E-state index in [4.69, 9.17) is 21.1 Å². The van der Waals surface area contributed by atoms with E-state index in [1.165, 1.54) is 12.3 Å². The van der Waals surface area contributed by atoms with Crippen LogP contribution in [-0.4, -0.2) is 68.1 Å². The molecule has 0 saturated carbocycles. The number of carbonyl (C=O) groups is 1. The fourth-order valence-electron chi connectivity index (χ4n) is 3.74. The first-order valence-electron chi connectivity index (χ1n) is 11.8. The zero-order valence-corrected chi connectivity index (χ0v) is 23.3. The Balaban J connectivity index is 1.67. The third-order valence-electron chi connectivity index (χ3n) is 5.65. The van der Waals surface area contributed by atoms with E-state index >= 15 is 0 Å². The van der Waals surface area contributed by atoms with Crippen LogP contribution >= 0.6 is 18.7 Å². The van der Waals surface area contributed by atoms with E-state index < -0.39 is 7.14 Å². The SMILES string of the molecule is C=CC(=O)Nc1cc2c(cc1OCCN(C)C)OCN2c1ncc(Cl)c(Nc2ccccc2P(C)(C)=O)n1. The molecule has 2 heterocycles. The Hall–Kier alpha value is -3.59. The predicted octanol–water partition coefficient (Wildman–Crippen LogP) is 4.67. The van der Waals surface area contributed by atoms with E-state index in [1.54, 1.807) is 30.4 Å². The number of halogens is 1. The van der Waals surface area contributed by atoms with Crippen LogP contribution in [0.3, 0.4) is 0 Å². The Kier molecular flexibility index (Phi) is 8.26. The number of anilines is 5. The van der Waals surface area contributed by atoms with Crippen molar-refractivity contribution >= 4 is 58.8 Å². The second-order valence-electron chi connectivity index (χ2n) is 9.22. The van der Waals surface area contributed by atoms with Crippen molar-refractivity contribution in [2.75, 3.05) is 62.8 Å². The monoisotopic (exact) mass is 556 g/mol. The van der Waals surface area contributed by atoms with Gasteiger partial charge in [0.05, 0.1) is 23.3 Å². The second-order valence-corrected chi connectivity index (χ2v) is 12.8. The standard InChI is InChI=1S/C26H30ClN6O4P/c1-6-24(34)29-19-13-20-22(14-21(19)36-12-11-32(2)3)37-16-33(20)26-28-15-17(27)25(31-26)30-18-9-7-8-10-23(18)38(4,5)35/h6-10,13-15H,1,11-12,16H2,2-5H3,(H,29,34)(H,28,30,31). The van der Waals surface area contributed by atoms with Gasteiger partial charge in [0.25, 0.3) is 0 Å². The Morgan fingerprint density at radius 1 is 1.29 bits per heavy atom. The Morgan fingerprint density at radius 3 is 2.76 bits per heavy atom. The van der Waals surface area contributed by atoms with Crippen molar-refractivity contribution in [2.45, 2.75) is 0 Å². The summed E-state index contributed by atoms with van der Waals surface area (Å²) in [5.74, 6) is 1.34. The summed E-state index contributed by atoms with van der Waals surface area (Å²) in [6.45, 7) is 8.21. The maximum absolute atomic E-state index is 12.8. The highest BCUT2D eigenvalue weighted by Gasteiger charge is 2.28. The van der Waals surface area contributed by atoms with E-state index in [-0.39, 0.29) is 12.6 Å². The smallest absolute Gasteiger partial charge is 0.247 e. The molecule has 12 heteroatoms. The van der Waals surface area contributed by atoms with Crippen molar-refractivity contribution in [3.05, 3.63) is 60.3 Å². The molecule has 2 aromatic carbocycles. The summed E-state index contributed by atoms with van der Waals surface area (Å²) in [5, 5.41) is 6.99. The van der Waals surface area contributed by atoms with Gasteiger partial charge in [0.15, 0.2) is 12.5 Å². The van der Waals surface area contributed by atoms with Gasteiger partial charge in [-0.05, 0) is 51.7 Å². The van der Waals surface area contributed by atoms with Gasteiger partial charge in [-0.3, -0.25) is 9.69 Å². The summed E-state index contributed by atoms with van der Waals surface area (Å²) in [7, 11) is 1.34. The highest BCUT2D eigenvalue weighted by atomic mass is 35.5. The third-order valence-corrected chi connectivity index (χ3v) is 7.48. The number of nitrogens with zero attached hydrogens (tertiary/aromatic N) is 4. The van der Waals surface area contributed by atoms with Gasteiger partial charge in [-0.25, -0.2) is 4.98 Å². The largest absolute Gasteiger partial charge is 0.490 e. The van der Waals surface area contributed by atoms with Gasteiger partial charge in [-0.2, -0.15) is 4.98 Å². The number of hydrogen-bond acceptors (Lipinski definition) is 9. The molecule has 0 bridgehead atoms. The topological polar surface area (TPSA) is 109 Å². The molecule has 0 radical (unpaired) electrons. The predicted molar refractivity (Wildman–Crippen MR) is 153 cm³/mol. The van der Waals surface area contributed by atoms with Crippen LogP contribution in [-0.2, 0) is 9.36 Å². The number of hydrogen-bond donors (Lipinski definition) is 2. The molecule has 1 aliphatic rings. The molecule has 200 valence electrons. The molecule has 0 aliphatic carbocycles. The molecule has 1 aliphatic heterocycles. The van der Waals surface area contributed by atoms with Crippen LogP contribution in [0.1, 0.15) is 0 Å². The minimum atomic E-state index is -2.56. The number of nitrogens with one attached hydrogen (secondary N) is 2. The van der Waals surface area contributed by atoms with E-state index in [2.05, 4.69) is 27.2 Å². The van der Waals surface area contributed by atoms with Crippen LogP contribution in [0.15, 0.2) is 55.3 Å². The molecule has 38 heavy (non-hydrogen) atoms. The van der Waals surface area contributed by atoms with Crippen LogP contribution < -0.4 is 30.3 Å². The molecule has 0 atom stereocenters. The first-order chi connectivity index (χ1) is 18.1. The summed E-state index contributed by atoms with van der Waals surface area (Å²) in [6.07, 6.45) is 2.68. The zero-order chi connectivity index (χ0) is 27.4. The molecule has 10 nitrogen and oxygen atoms in total. The number of aromatic nitrogens is 2. The second kappa shape index (κ2) is 11.4. The van der Waals surface area contributed by atoms with Crippen molar-refractivity contribution < 1.29 is 18.8 Å². The molecule has 1 amide bonds. The number of fused-ring (bicyclic) bond motifs is 1. The van der Waals surface area contributed by atoms with Gasteiger partial charge >= 0.3 is 0 Å². The first-order valence-corrected chi connectivity index (χ1v) is 14.8. The summed E-state index contributed by atoms with van der Waals surface area (Å²) < 4.78 is 24.6. The maximum atomic E-state index is 12.8. The lowest BCUT2D eigenvalue weighted by molar-refractivity contribution is -0.111. The molecule has 4 rings (SSSR count). The van der Waals surface area contributed by atoms with Crippen molar-refractivity contribution in [1.29, 1.82) is 0 Å². The van der Waals surface area contributed by atoms with Gasteiger partial charge in [-0.15, -0.1) is 0 Å². The van der Waals surface area contributed by atoms with Crippen LogP contribution in [0, 0.1) is 0 Å². The van der Waals surface area contributed by atoms with Crippen molar-refractivity contribution in [1.82, 2.24) is 14.9 Å². The van der Waals surface area contributed by atoms with Crippen molar-refractivity contribution in [2.24, 2.45) is 0 Å². The lowest BCUT2D eigenvalue weighted by atomic mass is 10.2. The fraction of sp³-hybridized carbons (Fsp3) is 0.269. The molecule has 0 spiro atoms. The quantitative estimate of drug-likeness (QED) is 0.272. The Morgan fingerprint density at radius 2 is 2.05 bits per heavy atom. The van der Waals surface area contributed by atoms with Crippen molar-refractivity contribution in [3.8, 4) is 11.5 Å². The number of rotatable bonds is 10. The highest BCUT2D eigenvalue weighted by molar-refractivity contribution is 7.70. The Labute approximate surface area is 227 Å². The van der Waals surface area contributed by atoms with E-state index in [1.807, 2.05) is 43.3 Å². The normalized spacial score (nSPS) is 12.6. The summed E-state index contributed by atoms with van der Waals surface area (Å²) in [5.41, 5.74) is 1.76. The van der Waals surface area contributed by atoms with E-state index in [9.17, 15) is 9.36 Å². The minimum Gasteiger partial charge on any atom is -0.490 e. The average molecular weight is 557 g/mol. The van der Waals surface area contributed by atoms with Gasteiger partial charge in [0, 0.05) is 17.9 Å². The lowest BCUT2D eigenvalue weighted by Gasteiger charge is -2.19. The number of amides is 1. The van der Waals surface area contributed by atoms with E-state index in [0.29, 0.717) is 63.8 Å². The van der Waals surface area contributed by atoms with Gasteiger partial charge in [-0.1, -0.05) is 30.3 Å². The highest BCUT2D eigenvalue weighted by Crippen LogP contribution is 2.45. The number of ether oxygens (including phenoxy) is 2. The molecule has 1 aromatic heterocycles. The zero-order valence-electron chi connectivity index (χ0n) is 21.7. The van der Waals surface area contributed by atoms with Gasteiger partial charge < -0.3 is 29.6 Å². The molecule has 2 N–H and O–H groups in total. The van der Waals surface area contributed by atoms with Crippen LogP contribution in [0.25, 0.3) is 0 Å². The van der Waals surface area contributed by atoms with Crippen LogP contribution in [0.2, 0.25) is 5.02 Å². The summed E-state index contributed by atoms with van der Waals surface area (Å²) >= 11 is 6.43.